The molecule has 1 aliphatic heterocycles. The maximum atomic E-state index is 13.0. The van der Waals surface area contributed by atoms with Crippen molar-refractivity contribution in [2.75, 3.05) is 6.54 Å². The Bertz CT molecular complexity index is 897. The number of furan rings is 1. The van der Waals surface area contributed by atoms with Gasteiger partial charge in [0.05, 0.1) is 12.0 Å². The third kappa shape index (κ3) is 3.03. The number of aromatic nitrogens is 3. The van der Waals surface area contributed by atoms with Crippen LogP contribution in [0.5, 0.6) is 0 Å². The number of rotatable bonds is 3. The Balaban J connectivity index is 1.76. The minimum atomic E-state index is -0.115. The molecule has 0 bridgehead atoms. The van der Waals surface area contributed by atoms with Gasteiger partial charge in [-0.15, -0.1) is 5.10 Å². The standard InChI is InChI=1S/C20H22N4O2/c1-14-8-10-16(11-9-14)24-19(17-7-5-13-26-17)21-18(22-24)20(25)23-12-4-3-6-15(23)2/h5,7-11,13,15H,3-4,6,12H2,1-2H3. The summed E-state index contributed by atoms with van der Waals surface area (Å²) in [6.07, 6.45) is 4.81. The van der Waals surface area contributed by atoms with Crippen LogP contribution in [-0.4, -0.2) is 38.2 Å². The van der Waals surface area contributed by atoms with Crippen LogP contribution in [0.1, 0.15) is 42.4 Å². The average molecular weight is 350 g/mol. The first-order valence-electron chi connectivity index (χ1n) is 9.02. The molecule has 2 aromatic heterocycles. The van der Waals surface area contributed by atoms with Gasteiger partial charge in [0.1, 0.15) is 0 Å². The normalized spacial score (nSPS) is 17.5. The van der Waals surface area contributed by atoms with Gasteiger partial charge in [-0.3, -0.25) is 4.79 Å². The number of benzene rings is 1. The number of hydrogen-bond acceptors (Lipinski definition) is 4. The van der Waals surface area contributed by atoms with E-state index in [9.17, 15) is 4.79 Å². The van der Waals surface area contributed by atoms with E-state index in [1.165, 1.54) is 0 Å². The van der Waals surface area contributed by atoms with Crippen molar-refractivity contribution in [1.29, 1.82) is 0 Å². The predicted octanol–water partition coefficient (Wildman–Crippen LogP) is 3.85. The highest BCUT2D eigenvalue weighted by Crippen LogP contribution is 2.24. The molecule has 1 aromatic carbocycles. The molecule has 134 valence electrons. The van der Waals surface area contributed by atoms with Crippen LogP contribution in [0, 0.1) is 6.92 Å². The third-order valence-corrected chi connectivity index (χ3v) is 4.88. The van der Waals surface area contributed by atoms with Gasteiger partial charge in [-0.05, 0) is 57.4 Å². The highest BCUT2D eigenvalue weighted by Gasteiger charge is 2.28. The number of aryl methyl sites for hydroxylation is 1. The minimum Gasteiger partial charge on any atom is -0.461 e. The quantitative estimate of drug-likeness (QED) is 0.720. The van der Waals surface area contributed by atoms with Crippen molar-refractivity contribution in [3.8, 4) is 17.3 Å². The van der Waals surface area contributed by atoms with E-state index in [-0.39, 0.29) is 17.8 Å². The Morgan fingerprint density at radius 1 is 1.19 bits per heavy atom. The van der Waals surface area contributed by atoms with Crippen molar-refractivity contribution in [1.82, 2.24) is 19.7 Å². The number of carbonyl (C=O) groups is 1. The van der Waals surface area contributed by atoms with Crippen molar-refractivity contribution in [3.05, 3.63) is 54.0 Å². The number of amides is 1. The first-order chi connectivity index (χ1) is 12.6. The van der Waals surface area contributed by atoms with Crippen molar-refractivity contribution < 1.29 is 9.21 Å². The lowest BCUT2D eigenvalue weighted by Crippen LogP contribution is -2.42. The Morgan fingerprint density at radius 2 is 2.00 bits per heavy atom. The van der Waals surface area contributed by atoms with Gasteiger partial charge < -0.3 is 9.32 Å². The fraction of sp³-hybridized carbons (Fsp3) is 0.350. The van der Waals surface area contributed by atoms with Crippen LogP contribution in [-0.2, 0) is 0 Å². The molecule has 4 rings (SSSR count). The van der Waals surface area contributed by atoms with Crippen LogP contribution in [0.2, 0.25) is 0 Å². The fourth-order valence-corrected chi connectivity index (χ4v) is 3.36. The summed E-state index contributed by atoms with van der Waals surface area (Å²) in [7, 11) is 0. The molecule has 26 heavy (non-hydrogen) atoms. The van der Waals surface area contributed by atoms with Crippen LogP contribution in [0.3, 0.4) is 0 Å². The fourth-order valence-electron chi connectivity index (χ4n) is 3.36. The van der Waals surface area contributed by atoms with Crippen LogP contribution >= 0.6 is 0 Å². The molecule has 0 radical (unpaired) electrons. The highest BCUT2D eigenvalue weighted by atomic mass is 16.3. The first kappa shape index (κ1) is 16.6. The Kier molecular flexibility index (Phi) is 4.32. The van der Waals surface area contributed by atoms with Crippen molar-refractivity contribution in [2.45, 2.75) is 39.2 Å². The van der Waals surface area contributed by atoms with Gasteiger partial charge >= 0.3 is 0 Å². The summed E-state index contributed by atoms with van der Waals surface area (Å²) >= 11 is 0. The van der Waals surface area contributed by atoms with E-state index in [2.05, 4.69) is 17.0 Å². The van der Waals surface area contributed by atoms with E-state index in [4.69, 9.17) is 4.42 Å². The topological polar surface area (TPSA) is 64.2 Å². The summed E-state index contributed by atoms with van der Waals surface area (Å²) in [5.41, 5.74) is 2.01. The van der Waals surface area contributed by atoms with Crippen molar-refractivity contribution in [3.63, 3.8) is 0 Å². The summed E-state index contributed by atoms with van der Waals surface area (Å²) in [5.74, 6) is 1.22. The second-order valence-corrected chi connectivity index (χ2v) is 6.83. The number of piperidine rings is 1. The van der Waals surface area contributed by atoms with E-state index in [1.807, 2.05) is 42.2 Å². The second-order valence-electron chi connectivity index (χ2n) is 6.83. The van der Waals surface area contributed by atoms with Crippen molar-refractivity contribution in [2.24, 2.45) is 0 Å². The largest absolute Gasteiger partial charge is 0.461 e. The van der Waals surface area contributed by atoms with Crippen LogP contribution in [0.15, 0.2) is 47.1 Å². The van der Waals surface area contributed by atoms with Gasteiger partial charge in [0.2, 0.25) is 5.82 Å². The molecular formula is C20H22N4O2. The van der Waals surface area contributed by atoms with Gasteiger partial charge in [-0.2, -0.15) is 4.98 Å². The lowest BCUT2D eigenvalue weighted by Gasteiger charge is -2.32. The first-order valence-corrected chi connectivity index (χ1v) is 9.02. The zero-order valence-electron chi connectivity index (χ0n) is 15.1. The van der Waals surface area contributed by atoms with Gasteiger partial charge in [0.25, 0.3) is 5.91 Å². The molecule has 1 aliphatic rings. The van der Waals surface area contributed by atoms with Gasteiger partial charge in [0.15, 0.2) is 11.6 Å². The Morgan fingerprint density at radius 3 is 2.69 bits per heavy atom. The number of nitrogens with zero attached hydrogens (tertiary/aromatic N) is 4. The molecule has 1 fully saturated rings. The minimum absolute atomic E-state index is 0.115. The lowest BCUT2D eigenvalue weighted by atomic mass is 10.0. The number of hydrogen-bond donors (Lipinski definition) is 0. The molecule has 1 unspecified atom stereocenters. The maximum Gasteiger partial charge on any atom is 0.293 e. The molecular weight excluding hydrogens is 328 g/mol. The van der Waals surface area contributed by atoms with Crippen LogP contribution < -0.4 is 0 Å². The van der Waals surface area contributed by atoms with Gasteiger partial charge in [-0.1, -0.05) is 17.7 Å². The molecule has 0 N–H and O–H groups in total. The molecule has 6 heteroatoms. The number of likely N-dealkylation sites (tertiary alicyclic amines) is 1. The Labute approximate surface area is 152 Å². The summed E-state index contributed by atoms with van der Waals surface area (Å²) in [5, 5.41) is 4.53. The molecule has 1 saturated heterocycles. The predicted molar refractivity (Wildman–Crippen MR) is 98.1 cm³/mol. The maximum absolute atomic E-state index is 13.0. The molecule has 1 amide bonds. The van der Waals surface area contributed by atoms with Crippen LogP contribution in [0.25, 0.3) is 17.3 Å². The lowest BCUT2D eigenvalue weighted by molar-refractivity contribution is 0.0623. The average Bonchev–Trinajstić information content (AvgIpc) is 3.32. The molecule has 0 aliphatic carbocycles. The summed E-state index contributed by atoms with van der Waals surface area (Å²) in [6, 6.07) is 11.8. The van der Waals surface area contributed by atoms with Gasteiger partial charge in [-0.25, -0.2) is 4.68 Å². The second kappa shape index (κ2) is 6.78. The van der Waals surface area contributed by atoms with E-state index >= 15 is 0 Å². The summed E-state index contributed by atoms with van der Waals surface area (Å²) < 4.78 is 7.20. The zero-order valence-corrected chi connectivity index (χ0v) is 15.1. The monoisotopic (exact) mass is 350 g/mol. The molecule has 1 atom stereocenters. The smallest absolute Gasteiger partial charge is 0.293 e. The summed E-state index contributed by atoms with van der Waals surface area (Å²) in [4.78, 5) is 19.4. The zero-order chi connectivity index (χ0) is 18.1. The van der Waals surface area contributed by atoms with E-state index < -0.39 is 0 Å². The van der Waals surface area contributed by atoms with E-state index in [1.54, 1.807) is 17.0 Å². The molecule has 3 aromatic rings. The third-order valence-electron chi connectivity index (χ3n) is 4.88. The number of carbonyl (C=O) groups excluding carboxylic acids is 1. The van der Waals surface area contributed by atoms with E-state index in [0.29, 0.717) is 11.6 Å². The Hall–Kier alpha value is -2.89. The molecule has 0 saturated carbocycles. The highest BCUT2D eigenvalue weighted by molar-refractivity contribution is 5.91. The SMILES string of the molecule is Cc1ccc(-n2nc(C(=O)N3CCCCC3C)nc2-c2ccco2)cc1. The molecule has 0 spiro atoms. The van der Waals surface area contributed by atoms with E-state index in [0.717, 1.165) is 37.1 Å². The summed E-state index contributed by atoms with van der Waals surface area (Å²) in [6.45, 7) is 4.88. The molecule has 6 nitrogen and oxygen atoms in total. The molecule has 3 heterocycles. The van der Waals surface area contributed by atoms with Crippen LogP contribution in [0.4, 0.5) is 0 Å². The van der Waals surface area contributed by atoms with Crippen molar-refractivity contribution >= 4 is 5.91 Å². The van der Waals surface area contributed by atoms with Gasteiger partial charge in [0, 0.05) is 12.6 Å².